The number of carbonyl (C=O) groups is 2. The number of rotatable bonds is 43. The number of phosphoric ester groups is 1. The molecule has 63 heavy (non-hydrogen) atoms. The van der Waals surface area contributed by atoms with Gasteiger partial charge in [0.25, 0.3) is 0 Å². The molecule has 0 spiro atoms. The minimum absolute atomic E-state index is 0.0312. The van der Waals surface area contributed by atoms with E-state index < -0.39 is 26.5 Å². The van der Waals surface area contributed by atoms with Crippen LogP contribution in [0.3, 0.4) is 0 Å². The van der Waals surface area contributed by atoms with Gasteiger partial charge in [-0.15, -0.1) is 0 Å². The van der Waals surface area contributed by atoms with E-state index in [2.05, 4.69) is 129 Å². The molecular formula is C53H86NO8P. The van der Waals surface area contributed by atoms with Crippen molar-refractivity contribution in [2.24, 2.45) is 0 Å². The summed E-state index contributed by atoms with van der Waals surface area (Å²) in [4.78, 5) is 34.0. The summed E-state index contributed by atoms with van der Waals surface area (Å²) in [7, 11) is -4.45. The van der Waals surface area contributed by atoms with Crippen LogP contribution in [0.25, 0.3) is 0 Å². The van der Waals surface area contributed by atoms with Crippen molar-refractivity contribution in [3.8, 4) is 0 Å². The third-order valence-electron chi connectivity index (χ3n) is 9.39. The smallest absolute Gasteiger partial charge is 0.463 e. The van der Waals surface area contributed by atoms with E-state index in [1.807, 2.05) is 12.2 Å². The number of ether oxygens (including phenoxy) is 1. The first-order chi connectivity index (χ1) is 30.8. The first-order valence-electron chi connectivity index (χ1n) is 24.0. The summed E-state index contributed by atoms with van der Waals surface area (Å²) in [6, 6.07) is 0. The standard InChI is InChI=1S/C53H86NO8P/c1-3-5-7-9-11-13-15-17-19-21-23-24-25-26-28-30-32-34-36-38-40-42-44-46-53(57)60-49-51(55)50-62-63(58,59)61-48-47-54-52(56)45-43-41-39-37-35-33-31-29-27-22-20-18-16-14-12-10-8-6-4-2/h6,8,11-14,17-20,23-24,26-29,33,35,39,41,51,55H,3-5,7,9-10,15-16,21-22,25,30-32,34,36-38,40,42-50H2,1-2H3,(H,54,56)(H,58,59)/b8-6-,13-11-,14-12-,19-17-,20-18-,24-23-,28-26-,29-27-,35-33-,41-39-. The van der Waals surface area contributed by atoms with Gasteiger partial charge in [-0.05, 0) is 96.3 Å². The summed E-state index contributed by atoms with van der Waals surface area (Å²) < 4.78 is 26.9. The van der Waals surface area contributed by atoms with E-state index in [9.17, 15) is 24.2 Å². The third kappa shape index (κ3) is 49.3. The average Bonchev–Trinajstić information content (AvgIpc) is 3.27. The number of carbonyl (C=O) groups excluding carboxylic acids is 2. The summed E-state index contributed by atoms with van der Waals surface area (Å²) in [6.07, 6.45) is 65.7. The number of phosphoric acid groups is 1. The highest BCUT2D eigenvalue weighted by Gasteiger charge is 2.23. The molecule has 3 N–H and O–H groups in total. The number of esters is 1. The first kappa shape index (κ1) is 59.4. The Morgan fingerprint density at radius 2 is 0.921 bits per heavy atom. The Hall–Kier alpha value is -3.59. The number of nitrogens with one attached hydrogen (secondary N) is 1. The van der Waals surface area contributed by atoms with Crippen molar-refractivity contribution in [3.63, 3.8) is 0 Å². The highest BCUT2D eigenvalue weighted by Crippen LogP contribution is 2.42. The number of hydrogen-bond acceptors (Lipinski definition) is 7. The minimum Gasteiger partial charge on any atom is -0.463 e. The molecule has 356 valence electrons. The number of aliphatic hydroxyl groups is 1. The Bertz CT molecular complexity index is 1440. The average molecular weight is 896 g/mol. The van der Waals surface area contributed by atoms with Crippen LogP contribution in [0.15, 0.2) is 122 Å². The van der Waals surface area contributed by atoms with Crippen LogP contribution < -0.4 is 5.32 Å². The lowest BCUT2D eigenvalue weighted by molar-refractivity contribution is -0.147. The van der Waals surface area contributed by atoms with Crippen molar-refractivity contribution >= 4 is 19.7 Å². The maximum atomic E-state index is 12.1. The molecule has 0 rings (SSSR count). The van der Waals surface area contributed by atoms with Gasteiger partial charge in [0.2, 0.25) is 5.91 Å². The first-order valence-corrected chi connectivity index (χ1v) is 25.5. The quantitative estimate of drug-likeness (QED) is 0.0239. The molecule has 0 saturated heterocycles. The number of amides is 1. The van der Waals surface area contributed by atoms with Gasteiger partial charge in [0.15, 0.2) is 0 Å². The van der Waals surface area contributed by atoms with Crippen LogP contribution in [-0.2, 0) is 27.9 Å². The molecule has 0 aromatic carbocycles. The Kier molecular flexibility index (Phi) is 45.2. The van der Waals surface area contributed by atoms with E-state index in [4.69, 9.17) is 13.8 Å². The molecule has 0 aliphatic rings. The van der Waals surface area contributed by atoms with Gasteiger partial charge in [-0.25, -0.2) is 4.57 Å². The lowest BCUT2D eigenvalue weighted by Crippen LogP contribution is -2.27. The molecule has 0 aliphatic carbocycles. The largest absolute Gasteiger partial charge is 0.472 e. The lowest BCUT2D eigenvalue weighted by Gasteiger charge is -2.15. The van der Waals surface area contributed by atoms with E-state index >= 15 is 0 Å². The fourth-order valence-corrected chi connectivity index (χ4v) is 6.55. The van der Waals surface area contributed by atoms with Gasteiger partial charge in [-0.3, -0.25) is 18.6 Å². The van der Waals surface area contributed by atoms with E-state index in [-0.39, 0.29) is 38.5 Å². The number of unbranched alkanes of at least 4 members (excludes halogenated alkanes) is 10. The van der Waals surface area contributed by atoms with E-state index in [1.54, 1.807) is 0 Å². The van der Waals surface area contributed by atoms with Crippen LogP contribution in [0.1, 0.15) is 168 Å². The molecule has 0 saturated carbocycles. The highest BCUT2D eigenvalue weighted by molar-refractivity contribution is 7.47. The molecule has 9 nitrogen and oxygen atoms in total. The van der Waals surface area contributed by atoms with Gasteiger partial charge in [-0.1, -0.05) is 180 Å². The van der Waals surface area contributed by atoms with E-state index in [0.29, 0.717) is 12.8 Å². The van der Waals surface area contributed by atoms with Crippen LogP contribution in [0.4, 0.5) is 0 Å². The molecule has 0 heterocycles. The zero-order valence-electron chi connectivity index (χ0n) is 39.2. The topological polar surface area (TPSA) is 131 Å². The van der Waals surface area contributed by atoms with Crippen molar-refractivity contribution in [3.05, 3.63) is 122 Å². The van der Waals surface area contributed by atoms with Crippen LogP contribution in [-0.4, -0.2) is 54.3 Å². The van der Waals surface area contributed by atoms with Gasteiger partial charge in [-0.2, -0.15) is 0 Å². The van der Waals surface area contributed by atoms with Gasteiger partial charge in [0.05, 0.1) is 13.2 Å². The fraction of sp³-hybridized carbons (Fsp3) is 0.585. The molecule has 10 heteroatoms. The van der Waals surface area contributed by atoms with E-state index in [0.717, 1.165) is 83.5 Å². The second kappa shape index (κ2) is 47.9. The molecule has 2 unspecified atom stereocenters. The van der Waals surface area contributed by atoms with Crippen LogP contribution in [0.2, 0.25) is 0 Å². The monoisotopic (exact) mass is 896 g/mol. The molecule has 0 aromatic rings. The minimum atomic E-state index is -4.45. The van der Waals surface area contributed by atoms with Crippen LogP contribution in [0, 0.1) is 0 Å². The maximum Gasteiger partial charge on any atom is 0.472 e. The predicted octanol–water partition coefficient (Wildman–Crippen LogP) is 14.1. The third-order valence-corrected chi connectivity index (χ3v) is 10.4. The SMILES string of the molecule is CC/C=C\C/C=C\C/C=C\C/C=C\C/C=C\C/C=C\CCC(=O)NCCOP(=O)(O)OCC(O)COC(=O)CCCCCCCCC/C=C\C/C=C\C/C=C\C/C=C\CCCCC. The molecule has 0 bridgehead atoms. The van der Waals surface area contributed by atoms with Gasteiger partial charge < -0.3 is 20.1 Å². The Labute approximate surface area is 383 Å². The van der Waals surface area contributed by atoms with E-state index in [1.165, 1.54) is 44.9 Å². The van der Waals surface area contributed by atoms with Crippen molar-refractivity contribution < 1.29 is 37.9 Å². The molecule has 0 aromatic heterocycles. The summed E-state index contributed by atoms with van der Waals surface area (Å²) in [5.74, 6) is -0.623. The van der Waals surface area contributed by atoms with Gasteiger partial charge in [0, 0.05) is 19.4 Å². The highest BCUT2D eigenvalue weighted by atomic mass is 31.2. The Morgan fingerprint density at radius 3 is 1.40 bits per heavy atom. The number of hydrogen-bond donors (Lipinski definition) is 3. The summed E-state index contributed by atoms with van der Waals surface area (Å²) in [5, 5.41) is 12.7. The molecule has 0 fully saturated rings. The zero-order valence-corrected chi connectivity index (χ0v) is 40.1. The molecular weight excluding hydrogens is 810 g/mol. The molecule has 0 radical (unpaired) electrons. The van der Waals surface area contributed by atoms with Crippen LogP contribution in [0.5, 0.6) is 0 Å². The summed E-state index contributed by atoms with van der Waals surface area (Å²) in [6.45, 7) is 3.28. The summed E-state index contributed by atoms with van der Waals surface area (Å²) in [5.41, 5.74) is 0. The van der Waals surface area contributed by atoms with Crippen molar-refractivity contribution in [2.45, 2.75) is 174 Å². The molecule has 0 aliphatic heterocycles. The fourth-order valence-electron chi connectivity index (χ4n) is 5.80. The predicted molar refractivity (Wildman–Crippen MR) is 265 cm³/mol. The van der Waals surface area contributed by atoms with Crippen LogP contribution >= 0.6 is 7.82 Å². The van der Waals surface area contributed by atoms with Crippen molar-refractivity contribution in [2.75, 3.05) is 26.4 Å². The molecule has 2 atom stereocenters. The van der Waals surface area contributed by atoms with Crippen molar-refractivity contribution in [1.82, 2.24) is 5.32 Å². The Balaban J connectivity index is 3.72. The van der Waals surface area contributed by atoms with Gasteiger partial charge in [0.1, 0.15) is 12.7 Å². The van der Waals surface area contributed by atoms with Crippen molar-refractivity contribution in [1.29, 1.82) is 0 Å². The normalized spacial score (nSPS) is 14.3. The number of aliphatic hydroxyl groups excluding tert-OH is 1. The van der Waals surface area contributed by atoms with Gasteiger partial charge >= 0.3 is 13.8 Å². The summed E-state index contributed by atoms with van der Waals surface area (Å²) >= 11 is 0. The molecule has 1 amide bonds. The second-order valence-electron chi connectivity index (χ2n) is 15.3. The second-order valence-corrected chi connectivity index (χ2v) is 16.8. The Morgan fingerprint density at radius 1 is 0.508 bits per heavy atom. The lowest BCUT2D eigenvalue weighted by atomic mass is 10.1. The maximum absolute atomic E-state index is 12.1. The zero-order chi connectivity index (χ0) is 46.0. The number of allylic oxidation sites excluding steroid dienone is 20.